The monoisotopic (exact) mass is 449 g/mol. The fourth-order valence-electron chi connectivity index (χ4n) is 6.14. The van der Waals surface area contributed by atoms with Gasteiger partial charge in [0.05, 0.1) is 18.0 Å². The number of nitrogens with one attached hydrogen (secondary N) is 1. The van der Waals surface area contributed by atoms with Crippen molar-refractivity contribution in [2.45, 2.75) is 50.7 Å². The zero-order valence-corrected chi connectivity index (χ0v) is 18.7. The van der Waals surface area contributed by atoms with Crippen LogP contribution in [-0.4, -0.2) is 45.6 Å². The van der Waals surface area contributed by atoms with Gasteiger partial charge < -0.3 is 19.9 Å². The molecule has 2 aliphatic heterocycles. The normalized spacial score (nSPS) is 26.3. The van der Waals surface area contributed by atoms with E-state index in [0.717, 1.165) is 31.2 Å². The molecular formula is C26H31N3O4. The second-order valence-electron chi connectivity index (χ2n) is 9.54. The molecule has 2 fully saturated rings. The summed E-state index contributed by atoms with van der Waals surface area (Å²) in [6, 6.07) is 14.1. The fourth-order valence-corrected chi connectivity index (χ4v) is 6.14. The van der Waals surface area contributed by atoms with Crippen LogP contribution in [0.2, 0.25) is 0 Å². The maximum absolute atomic E-state index is 13.6. The van der Waals surface area contributed by atoms with E-state index in [1.54, 1.807) is 10.6 Å². The molecule has 7 heteroatoms. The van der Waals surface area contributed by atoms with Gasteiger partial charge in [-0.1, -0.05) is 49.2 Å². The van der Waals surface area contributed by atoms with Crippen LogP contribution in [0, 0.1) is 17.8 Å². The number of amides is 2. The molecule has 33 heavy (non-hydrogen) atoms. The van der Waals surface area contributed by atoms with E-state index in [9.17, 15) is 19.5 Å². The minimum absolute atomic E-state index is 0.0313. The summed E-state index contributed by atoms with van der Waals surface area (Å²) in [6.07, 6.45) is 4.53. The molecule has 1 saturated heterocycles. The molecule has 5 rings (SSSR count). The zero-order valence-electron chi connectivity index (χ0n) is 18.7. The summed E-state index contributed by atoms with van der Waals surface area (Å²) in [6.45, 7) is 0.602. The van der Waals surface area contributed by atoms with Gasteiger partial charge in [-0.3, -0.25) is 14.4 Å². The summed E-state index contributed by atoms with van der Waals surface area (Å²) in [5.41, 5.74) is 1.71. The number of rotatable bonds is 6. The molecule has 2 bridgehead atoms. The standard InChI is InChI=1S/C26H31N3O4/c30-16-19-21-15-28-20(11-6-12-22(28)31)24(29(21)26(33)18-9-4-5-10-18)23(19)25(32)27-14-13-17-7-2-1-3-8-17/h1-3,6-8,11-12,18-19,21,23-24,30H,4-5,9-10,13-16H2,(H,27,32)/t19-,21-,23+,24+/m1/s1. The highest BCUT2D eigenvalue weighted by Crippen LogP contribution is 2.49. The third kappa shape index (κ3) is 3.88. The Kier molecular flexibility index (Phi) is 6.06. The second kappa shape index (κ2) is 9.14. The van der Waals surface area contributed by atoms with Crippen molar-refractivity contribution in [1.82, 2.24) is 14.8 Å². The van der Waals surface area contributed by atoms with Gasteiger partial charge in [-0.2, -0.15) is 0 Å². The molecule has 174 valence electrons. The van der Waals surface area contributed by atoms with Crippen molar-refractivity contribution in [3.63, 3.8) is 0 Å². The third-order valence-corrected chi connectivity index (χ3v) is 7.74. The maximum atomic E-state index is 13.6. The molecule has 2 amide bonds. The number of aliphatic hydroxyl groups is 1. The number of hydrogen-bond acceptors (Lipinski definition) is 4. The lowest BCUT2D eigenvalue weighted by atomic mass is 9.86. The largest absolute Gasteiger partial charge is 0.396 e. The molecule has 2 aromatic rings. The predicted octanol–water partition coefficient (Wildman–Crippen LogP) is 1.89. The van der Waals surface area contributed by atoms with Crippen molar-refractivity contribution < 1.29 is 14.7 Å². The summed E-state index contributed by atoms with van der Waals surface area (Å²) < 4.78 is 1.69. The van der Waals surface area contributed by atoms with Gasteiger partial charge in [0.2, 0.25) is 11.8 Å². The Morgan fingerprint density at radius 2 is 1.79 bits per heavy atom. The van der Waals surface area contributed by atoms with Crippen molar-refractivity contribution >= 4 is 11.8 Å². The molecule has 2 N–H and O–H groups in total. The Bertz CT molecular complexity index is 1080. The molecule has 1 aliphatic carbocycles. The van der Waals surface area contributed by atoms with Crippen LogP contribution in [0.25, 0.3) is 0 Å². The highest BCUT2D eigenvalue weighted by molar-refractivity contribution is 5.85. The number of nitrogens with zero attached hydrogens (tertiary/aromatic N) is 2. The van der Waals surface area contributed by atoms with Gasteiger partial charge >= 0.3 is 0 Å². The Labute approximate surface area is 193 Å². The molecule has 0 radical (unpaired) electrons. The minimum atomic E-state index is -0.586. The number of aliphatic hydroxyl groups excluding tert-OH is 1. The number of carbonyl (C=O) groups excluding carboxylic acids is 2. The molecule has 3 aliphatic rings. The average molecular weight is 450 g/mol. The lowest BCUT2D eigenvalue weighted by Crippen LogP contribution is -2.50. The third-order valence-electron chi connectivity index (χ3n) is 7.74. The molecule has 3 heterocycles. The van der Waals surface area contributed by atoms with Crippen molar-refractivity contribution in [2.75, 3.05) is 13.2 Å². The smallest absolute Gasteiger partial charge is 0.250 e. The summed E-state index contributed by atoms with van der Waals surface area (Å²) in [5.74, 6) is -1.11. The highest BCUT2D eigenvalue weighted by atomic mass is 16.3. The van der Waals surface area contributed by atoms with Crippen LogP contribution in [0.15, 0.2) is 53.3 Å². The first-order valence-corrected chi connectivity index (χ1v) is 12.0. The maximum Gasteiger partial charge on any atom is 0.250 e. The van der Waals surface area contributed by atoms with Crippen LogP contribution in [0.1, 0.15) is 43.0 Å². The molecule has 1 aromatic heterocycles. The Morgan fingerprint density at radius 3 is 2.52 bits per heavy atom. The molecule has 4 atom stereocenters. The molecule has 0 spiro atoms. The molecular weight excluding hydrogens is 418 g/mol. The Balaban J connectivity index is 1.45. The first-order valence-electron chi connectivity index (χ1n) is 12.0. The van der Waals surface area contributed by atoms with Crippen LogP contribution < -0.4 is 10.9 Å². The predicted molar refractivity (Wildman–Crippen MR) is 123 cm³/mol. The first kappa shape index (κ1) is 21.9. The van der Waals surface area contributed by atoms with E-state index in [-0.39, 0.29) is 35.9 Å². The van der Waals surface area contributed by atoms with E-state index in [1.807, 2.05) is 41.3 Å². The van der Waals surface area contributed by atoms with Crippen LogP contribution >= 0.6 is 0 Å². The Hall–Kier alpha value is -2.93. The van der Waals surface area contributed by atoms with E-state index >= 15 is 0 Å². The lowest BCUT2D eigenvalue weighted by molar-refractivity contribution is -0.141. The number of carbonyl (C=O) groups is 2. The summed E-state index contributed by atoms with van der Waals surface area (Å²) in [5, 5.41) is 13.4. The number of hydrogen-bond donors (Lipinski definition) is 2. The van der Waals surface area contributed by atoms with Gasteiger partial charge in [0.1, 0.15) is 0 Å². The van der Waals surface area contributed by atoms with Gasteiger partial charge in [0, 0.05) is 43.3 Å². The summed E-state index contributed by atoms with van der Waals surface area (Å²) in [7, 11) is 0. The highest BCUT2D eigenvalue weighted by Gasteiger charge is 2.57. The van der Waals surface area contributed by atoms with Gasteiger partial charge in [-0.25, -0.2) is 0 Å². The van der Waals surface area contributed by atoms with Crippen molar-refractivity contribution in [2.24, 2.45) is 17.8 Å². The number of aromatic nitrogens is 1. The van der Waals surface area contributed by atoms with E-state index in [4.69, 9.17) is 0 Å². The fraction of sp³-hybridized carbons (Fsp3) is 0.500. The van der Waals surface area contributed by atoms with Crippen LogP contribution in [0.4, 0.5) is 0 Å². The zero-order chi connectivity index (χ0) is 22.9. The molecule has 0 unspecified atom stereocenters. The molecule has 1 aromatic carbocycles. The van der Waals surface area contributed by atoms with Gasteiger partial charge in [0.15, 0.2) is 0 Å². The average Bonchev–Trinajstić information content (AvgIpc) is 3.44. The molecule has 1 saturated carbocycles. The second-order valence-corrected chi connectivity index (χ2v) is 9.54. The van der Waals surface area contributed by atoms with Gasteiger partial charge in [0.25, 0.3) is 5.56 Å². The number of pyridine rings is 1. The van der Waals surface area contributed by atoms with E-state index < -0.39 is 17.9 Å². The van der Waals surface area contributed by atoms with Crippen LogP contribution in [0.3, 0.4) is 0 Å². The summed E-state index contributed by atoms with van der Waals surface area (Å²) >= 11 is 0. The first-order chi connectivity index (χ1) is 16.1. The molecule has 7 nitrogen and oxygen atoms in total. The van der Waals surface area contributed by atoms with E-state index in [2.05, 4.69) is 5.32 Å². The quantitative estimate of drug-likeness (QED) is 0.705. The lowest BCUT2D eigenvalue weighted by Gasteiger charge is -2.39. The van der Waals surface area contributed by atoms with E-state index in [0.29, 0.717) is 25.2 Å². The van der Waals surface area contributed by atoms with E-state index in [1.165, 1.54) is 6.07 Å². The van der Waals surface area contributed by atoms with Crippen molar-refractivity contribution in [3.8, 4) is 0 Å². The van der Waals surface area contributed by atoms with Crippen LogP contribution in [0.5, 0.6) is 0 Å². The summed E-state index contributed by atoms with van der Waals surface area (Å²) in [4.78, 5) is 41.6. The Morgan fingerprint density at radius 1 is 1.03 bits per heavy atom. The number of fused-ring (bicyclic) bond motifs is 4. The van der Waals surface area contributed by atoms with Gasteiger partial charge in [-0.15, -0.1) is 0 Å². The van der Waals surface area contributed by atoms with Crippen molar-refractivity contribution in [3.05, 3.63) is 70.1 Å². The van der Waals surface area contributed by atoms with Crippen LogP contribution in [-0.2, 0) is 22.6 Å². The SMILES string of the molecule is O=C(NCCc1ccccc1)[C@H]1[C@H](CO)[C@H]2Cn3c(cccc3=O)[C@@H]1N2C(=O)C1CCCC1. The van der Waals surface area contributed by atoms with Gasteiger partial charge in [-0.05, 0) is 30.9 Å². The van der Waals surface area contributed by atoms with Crippen molar-refractivity contribution in [1.29, 1.82) is 0 Å². The topological polar surface area (TPSA) is 91.6 Å². The number of benzene rings is 1. The minimum Gasteiger partial charge on any atom is -0.396 e.